The molecule has 1 amide bonds. The van der Waals surface area contributed by atoms with E-state index in [1.807, 2.05) is 30.3 Å². The molecule has 0 atom stereocenters. The Morgan fingerprint density at radius 2 is 2.13 bits per heavy atom. The molecule has 0 saturated carbocycles. The largest absolute Gasteiger partial charge is 0.493 e. The van der Waals surface area contributed by atoms with Crippen LogP contribution in [0, 0.1) is 0 Å². The second-order valence-corrected chi connectivity index (χ2v) is 5.46. The van der Waals surface area contributed by atoms with Crippen LogP contribution in [-0.2, 0) is 17.8 Å². The Morgan fingerprint density at radius 1 is 1.26 bits per heavy atom. The summed E-state index contributed by atoms with van der Waals surface area (Å²) in [6.07, 6.45) is 1.18. The molecule has 0 bridgehead atoms. The first-order chi connectivity index (χ1) is 11.2. The molecule has 0 aliphatic carbocycles. The van der Waals surface area contributed by atoms with Crippen molar-refractivity contribution < 1.29 is 14.3 Å². The molecule has 0 aromatic heterocycles. The highest BCUT2D eigenvalue weighted by atomic mass is 16.5. The van der Waals surface area contributed by atoms with Crippen molar-refractivity contribution in [3.8, 4) is 11.5 Å². The van der Waals surface area contributed by atoms with Crippen LogP contribution in [0.1, 0.15) is 17.5 Å². The summed E-state index contributed by atoms with van der Waals surface area (Å²) in [5, 5.41) is 3.38. The van der Waals surface area contributed by atoms with Crippen molar-refractivity contribution in [1.82, 2.24) is 0 Å². The Balaban J connectivity index is 1.62. The van der Waals surface area contributed by atoms with Crippen LogP contribution >= 0.6 is 0 Å². The maximum atomic E-state index is 10.8. The van der Waals surface area contributed by atoms with E-state index in [1.165, 1.54) is 11.1 Å². The zero-order chi connectivity index (χ0) is 16.1. The van der Waals surface area contributed by atoms with E-state index in [-0.39, 0.29) is 18.9 Å². The van der Waals surface area contributed by atoms with E-state index in [0.29, 0.717) is 6.54 Å². The van der Waals surface area contributed by atoms with Crippen molar-refractivity contribution in [1.29, 1.82) is 0 Å². The number of primary amides is 1. The lowest BCUT2D eigenvalue weighted by Gasteiger charge is -2.13. The fraction of sp³-hybridized carbons (Fsp3) is 0.278. The summed E-state index contributed by atoms with van der Waals surface area (Å²) in [6, 6.07) is 13.9. The van der Waals surface area contributed by atoms with Gasteiger partial charge in [0.05, 0.1) is 25.3 Å². The zero-order valence-corrected chi connectivity index (χ0v) is 12.9. The predicted octanol–water partition coefficient (Wildman–Crippen LogP) is 2.49. The van der Waals surface area contributed by atoms with Crippen LogP contribution in [0.15, 0.2) is 42.5 Å². The average Bonchev–Trinajstić information content (AvgIpc) is 3.01. The van der Waals surface area contributed by atoms with Gasteiger partial charge < -0.3 is 20.5 Å². The maximum absolute atomic E-state index is 10.8. The van der Waals surface area contributed by atoms with Gasteiger partial charge in [0.15, 0.2) is 0 Å². The second kappa shape index (κ2) is 7.05. The standard InChI is InChI=1S/C18H20N2O3/c19-18(21)8-10-23-17-4-2-1-3-15(17)20-12-13-5-6-16-14(11-13)7-9-22-16/h1-6,11,20H,7-10,12H2,(H2,19,21). The molecule has 1 aliphatic rings. The van der Waals surface area contributed by atoms with E-state index in [9.17, 15) is 4.79 Å². The summed E-state index contributed by atoms with van der Waals surface area (Å²) in [5.41, 5.74) is 8.48. The minimum Gasteiger partial charge on any atom is -0.493 e. The van der Waals surface area contributed by atoms with Crippen molar-refractivity contribution in [2.75, 3.05) is 18.5 Å². The van der Waals surface area contributed by atoms with E-state index >= 15 is 0 Å². The fourth-order valence-electron chi connectivity index (χ4n) is 2.55. The van der Waals surface area contributed by atoms with Gasteiger partial charge in [-0.25, -0.2) is 0 Å². The van der Waals surface area contributed by atoms with Crippen molar-refractivity contribution in [3.05, 3.63) is 53.6 Å². The molecule has 3 N–H and O–H groups in total. The van der Waals surface area contributed by atoms with Gasteiger partial charge in [0, 0.05) is 13.0 Å². The third-order valence-electron chi connectivity index (χ3n) is 3.73. The van der Waals surface area contributed by atoms with Gasteiger partial charge in [0.1, 0.15) is 11.5 Å². The summed E-state index contributed by atoms with van der Waals surface area (Å²) < 4.78 is 11.1. The minimum atomic E-state index is -0.365. The summed E-state index contributed by atoms with van der Waals surface area (Å²) in [4.78, 5) is 10.8. The molecule has 1 aliphatic heterocycles. The molecule has 120 valence electrons. The van der Waals surface area contributed by atoms with Gasteiger partial charge in [-0.1, -0.05) is 24.3 Å². The molecule has 0 unspecified atom stereocenters. The lowest BCUT2D eigenvalue weighted by atomic mass is 10.1. The molecular formula is C18H20N2O3. The number of anilines is 1. The first kappa shape index (κ1) is 15.2. The molecule has 2 aromatic rings. The summed E-state index contributed by atoms with van der Waals surface area (Å²) in [7, 11) is 0. The average molecular weight is 312 g/mol. The zero-order valence-electron chi connectivity index (χ0n) is 12.9. The van der Waals surface area contributed by atoms with Gasteiger partial charge in [-0.3, -0.25) is 4.79 Å². The Morgan fingerprint density at radius 3 is 3.00 bits per heavy atom. The van der Waals surface area contributed by atoms with Gasteiger partial charge >= 0.3 is 0 Å². The van der Waals surface area contributed by atoms with Gasteiger partial charge in [0.2, 0.25) is 5.91 Å². The van der Waals surface area contributed by atoms with Gasteiger partial charge in [-0.2, -0.15) is 0 Å². The van der Waals surface area contributed by atoms with Gasteiger partial charge in [0.25, 0.3) is 0 Å². The number of ether oxygens (including phenoxy) is 2. The minimum absolute atomic E-state index is 0.207. The van der Waals surface area contributed by atoms with Crippen LogP contribution in [-0.4, -0.2) is 19.1 Å². The summed E-state index contributed by atoms with van der Waals surface area (Å²) >= 11 is 0. The topological polar surface area (TPSA) is 73.6 Å². The number of hydrogen-bond acceptors (Lipinski definition) is 4. The number of hydrogen-bond donors (Lipinski definition) is 2. The first-order valence-electron chi connectivity index (χ1n) is 7.71. The van der Waals surface area contributed by atoms with E-state index < -0.39 is 0 Å². The number of amides is 1. The normalized spacial score (nSPS) is 12.3. The SMILES string of the molecule is NC(=O)CCOc1ccccc1NCc1ccc2c(c1)CCO2. The quantitative estimate of drug-likeness (QED) is 0.824. The Hall–Kier alpha value is -2.69. The van der Waals surface area contributed by atoms with Crippen molar-refractivity contribution in [2.45, 2.75) is 19.4 Å². The number of nitrogens with two attached hydrogens (primary N) is 1. The predicted molar refractivity (Wildman–Crippen MR) is 88.7 cm³/mol. The Bertz CT molecular complexity index is 700. The van der Waals surface area contributed by atoms with Crippen LogP contribution in [0.3, 0.4) is 0 Å². The molecule has 3 rings (SSSR count). The summed E-state index contributed by atoms with van der Waals surface area (Å²) in [5.74, 6) is 1.35. The number of para-hydroxylation sites is 2. The van der Waals surface area contributed by atoms with Gasteiger partial charge in [-0.15, -0.1) is 0 Å². The van der Waals surface area contributed by atoms with Crippen molar-refractivity contribution >= 4 is 11.6 Å². The third-order valence-corrected chi connectivity index (χ3v) is 3.73. The number of rotatable bonds is 7. The van der Waals surface area contributed by atoms with Crippen molar-refractivity contribution in [3.63, 3.8) is 0 Å². The van der Waals surface area contributed by atoms with Crippen LogP contribution in [0.4, 0.5) is 5.69 Å². The Kier molecular flexibility index (Phi) is 4.66. The summed E-state index contributed by atoms with van der Waals surface area (Å²) in [6.45, 7) is 1.75. The molecule has 1 heterocycles. The maximum Gasteiger partial charge on any atom is 0.220 e. The van der Waals surface area contributed by atoms with Crippen molar-refractivity contribution in [2.24, 2.45) is 5.73 Å². The molecule has 5 nitrogen and oxygen atoms in total. The van der Waals surface area contributed by atoms with Crippen LogP contribution in [0.25, 0.3) is 0 Å². The Labute approximate surface area is 135 Å². The molecule has 0 saturated heterocycles. The lowest BCUT2D eigenvalue weighted by molar-refractivity contribution is -0.118. The fourth-order valence-corrected chi connectivity index (χ4v) is 2.55. The van der Waals surface area contributed by atoms with Crippen LogP contribution in [0.5, 0.6) is 11.5 Å². The molecule has 0 spiro atoms. The molecule has 5 heteroatoms. The highest BCUT2D eigenvalue weighted by molar-refractivity contribution is 5.73. The van der Waals surface area contributed by atoms with E-state index in [2.05, 4.69) is 17.4 Å². The molecule has 0 fully saturated rings. The smallest absolute Gasteiger partial charge is 0.220 e. The molecule has 0 radical (unpaired) electrons. The second-order valence-electron chi connectivity index (χ2n) is 5.46. The van der Waals surface area contributed by atoms with Crippen LogP contribution in [0.2, 0.25) is 0 Å². The highest BCUT2D eigenvalue weighted by Gasteiger charge is 2.12. The van der Waals surface area contributed by atoms with Crippen LogP contribution < -0.4 is 20.5 Å². The number of carbonyl (C=O) groups excluding carboxylic acids is 1. The number of nitrogens with one attached hydrogen (secondary N) is 1. The van der Waals surface area contributed by atoms with E-state index in [0.717, 1.165) is 30.2 Å². The molecular weight excluding hydrogens is 292 g/mol. The lowest BCUT2D eigenvalue weighted by Crippen LogP contribution is -2.15. The number of fused-ring (bicyclic) bond motifs is 1. The molecule has 2 aromatic carbocycles. The number of carbonyl (C=O) groups is 1. The van der Waals surface area contributed by atoms with E-state index in [4.69, 9.17) is 15.2 Å². The first-order valence-corrected chi connectivity index (χ1v) is 7.71. The number of benzene rings is 2. The van der Waals surface area contributed by atoms with Gasteiger partial charge in [-0.05, 0) is 29.3 Å². The van der Waals surface area contributed by atoms with E-state index in [1.54, 1.807) is 0 Å². The molecule has 23 heavy (non-hydrogen) atoms. The third kappa shape index (κ3) is 3.94. The monoisotopic (exact) mass is 312 g/mol. The highest BCUT2D eigenvalue weighted by Crippen LogP contribution is 2.28.